The van der Waals surface area contributed by atoms with Crippen LogP contribution < -0.4 is 5.32 Å². The van der Waals surface area contributed by atoms with Gasteiger partial charge in [0.1, 0.15) is 0 Å². The number of aryl methyl sites for hydroxylation is 1. The number of rotatable bonds is 6. The number of nitrogens with one attached hydrogen (secondary N) is 1. The Bertz CT molecular complexity index is 566. The first kappa shape index (κ1) is 16.0. The predicted molar refractivity (Wildman–Crippen MR) is 89.0 cm³/mol. The molecule has 0 spiro atoms. The monoisotopic (exact) mass is 315 g/mol. The van der Waals surface area contributed by atoms with Gasteiger partial charge in [-0.2, -0.15) is 0 Å². The lowest BCUT2D eigenvalue weighted by Gasteiger charge is -2.20. The number of benzene rings is 1. The van der Waals surface area contributed by atoms with E-state index in [0.717, 1.165) is 24.4 Å². The van der Waals surface area contributed by atoms with Crippen LogP contribution in [0.3, 0.4) is 0 Å². The molecular weight excluding hydrogens is 290 g/mol. The van der Waals surface area contributed by atoms with Crippen LogP contribution >= 0.6 is 0 Å². The van der Waals surface area contributed by atoms with Gasteiger partial charge in [0.25, 0.3) is 5.91 Å². The number of hydrogen-bond donors (Lipinski definition) is 1. The van der Waals surface area contributed by atoms with Gasteiger partial charge in [0.05, 0.1) is 0 Å². The first-order chi connectivity index (χ1) is 11.1. The molecule has 0 aromatic heterocycles. The van der Waals surface area contributed by atoms with Crippen LogP contribution in [0.2, 0.25) is 0 Å². The first-order valence-electron chi connectivity index (χ1n) is 8.68. The highest BCUT2D eigenvalue weighted by Crippen LogP contribution is 2.49. The van der Waals surface area contributed by atoms with Crippen LogP contribution in [0.1, 0.15) is 44.6 Å². The molecule has 0 unspecified atom stereocenters. The molecule has 0 heterocycles. The van der Waals surface area contributed by atoms with Crippen molar-refractivity contribution in [1.29, 1.82) is 0 Å². The summed E-state index contributed by atoms with van der Waals surface area (Å²) in [5.74, 6) is 1.49. The Kier molecular flexibility index (Phi) is 4.99. The van der Waals surface area contributed by atoms with E-state index in [1.807, 2.05) is 24.3 Å². The number of anilines is 1. The third-order valence-corrected chi connectivity index (χ3v) is 5.32. The van der Waals surface area contributed by atoms with E-state index < -0.39 is 0 Å². The quantitative estimate of drug-likeness (QED) is 0.817. The molecule has 2 fully saturated rings. The first-order valence-corrected chi connectivity index (χ1v) is 8.68. The van der Waals surface area contributed by atoms with E-state index in [-0.39, 0.29) is 18.5 Å². The van der Waals surface area contributed by atoms with Gasteiger partial charge in [-0.1, -0.05) is 25.5 Å². The minimum Gasteiger partial charge on any atom is -0.456 e. The maximum Gasteiger partial charge on any atom is 0.306 e. The van der Waals surface area contributed by atoms with Crippen molar-refractivity contribution in [2.75, 3.05) is 11.9 Å². The minimum atomic E-state index is -0.282. The normalized spacial score (nSPS) is 25.3. The highest BCUT2D eigenvalue weighted by molar-refractivity contribution is 5.92. The van der Waals surface area contributed by atoms with Gasteiger partial charge in [-0.05, 0) is 61.1 Å². The maximum absolute atomic E-state index is 11.9. The third-order valence-electron chi connectivity index (χ3n) is 5.32. The lowest BCUT2D eigenvalue weighted by atomic mass is 9.86. The number of hydrogen-bond acceptors (Lipinski definition) is 3. The van der Waals surface area contributed by atoms with Crippen molar-refractivity contribution >= 4 is 17.6 Å². The van der Waals surface area contributed by atoms with Crippen molar-refractivity contribution in [3.63, 3.8) is 0 Å². The van der Waals surface area contributed by atoms with Crippen LogP contribution in [-0.4, -0.2) is 18.5 Å². The molecule has 23 heavy (non-hydrogen) atoms. The summed E-state index contributed by atoms with van der Waals surface area (Å²) in [7, 11) is 0. The van der Waals surface area contributed by atoms with Crippen LogP contribution in [0.15, 0.2) is 24.3 Å². The van der Waals surface area contributed by atoms with Gasteiger partial charge in [0.2, 0.25) is 0 Å². The molecule has 3 rings (SSSR count). The Hall–Kier alpha value is -1.84. The van der Waals surface area contributed by atoms with Crippen LogP contribution in [-0.2, 0) is 20.7 Å². The standard InChI is InChI=1S/C19H25NO3/c1-2-13-4-7-17(8-5-13)20-18(21)12-23-19(22)11-16-10-14-3-6-15(16)9-14/h4-5,7-8,14-16H,2-3,6,9-12H2,1H3,(H,20,21)/t14-,15+,16-/m0/s1. The fourth-order valence-corrected chi connectivity index (χ4v) is 4.07. The third kappa shape index (κ3) is 4.12. The number of amides is 1. The summed E-state index contributed by atoms with van der Waals surface area (Å²) in [5.41, 5.74) is 1.96. The zero-order valence-electron chi connectivity index (χ0n) is 13.7. The van der Waals surface area contributed by atoms with Crippen molar-refractivity contribution in [3.8, 4) is 0 Å². The van der Waals surface area contributed by atoms with E-state index in [2.05, 4.69) is 12.2 Å². The molecule has 1 amide bonds. The molecule has 1 aromatic rings. The molecule has 2 aliphatic carbocycles. The van der Waals surface area contributed by atoms with Gasteiger partial charge >= 0.3 is 5.97 Å². The predicted octanol–water partition coefficient (Wildman–Crippen LogP) is 3.56. The van der Waals surface area contributed by atoms with Crippen molar-refractivity contribution in [3.05, 3.63) is 29.8 Å². The summed E-state index contributed by atoms with van der Waals surface area (Å²) >= 11 is 0. The van der Waals surface area contributed by atoms with Gasteiger partial charge in [-0.25, -0.2) is 0 Å². The largest absolute Gasteiger partial charge is 0.456 e. The number of carbonyl (C=O) groups excluding carboxylic acids is 2. The van der Waals surface area contributed by atoms with Crippen molar-refractivity contribution in [2.45, 2.75) is 45.4 Å². The number of fused-ring (bicyclic) bond motifs is 2. The molecule has 2 bridgehead atoms. The van der Waals surface area contributed by atoms with Crippen LogP contribution in [0.4, 0.5) is 5.69 Å². The van der Waals surface area contributed by atoms with Crippen molar-refractivity contribution in [1.82, 2.24) is 0 Å². The van der Waals surface area contributed by atoms with Crippen molar-refractivity contribution in [2.24, 2.45) is 17.8 Å². The lowest BCUT2D eigenvalue weighted by Crippen LogP contribution is -2.23. The van der Waals surface area contributed by atoms with E-state index in [0.29, 0.717) is 18.3 Å². The lowest BCUT2D eigenvalue weighted by molar-refractivity contribution is -0.148. The molecule has 124 valence electrons. The molecule has 0 saturated heterocycles. The SMILES string of the molecule is CCc1ccc(NC(=O)COC(=O)C[C@@H]2C[C@H]3CC[C@@H]2C3)cc1. The Balaban J connectivity index is 1.39. The summed E-state index contributed by atoms with van der Waals surface area (Å²) in [5, 5.41) is 2.75. The summed E-state index contributed by atoms with van der Waals surface area (Å²) in [6.45, 7) is 1.89. The van der Waals surface area contributed by atoms with E-state index in [9.17, 15) is 9.59 Å². The number of esters is 1. The fraction of sp³-hybridized carbons (Fsp3) is 0.579. The summed E-state index contributed by atoms with van der Waals surface area (Å²) in [6, 6.07) is 7.70. The molecule has 3 atom stereocenters. The number of carbonyl (C=O) groups is 2. The van der Waals surface area contributed by atoms with Gasteiger partial charge in [-0.3, -0.25) is 9.59 Å². The summed E-state index contributed by atoms with van der Waals surface area (Å²) in [4.78, 5) is 23.8. The molecule has 1 N–H and O–H groups in total. The molecule has 2 saturated carbocycles. The van der Waals surface area contributed by atoms with Gasteiger partial charge < -0.3 is 10.1 Å². The highest BCUT2D eigenvalue weighted by Gasteiger charge is 2.40. The highest BCUT2D eigenvalue weighted by atomic mass is 16.5. The molecule has 1 aromatic carbocycles. The van der Waals surface area contributed by atoms with Crippen molar-refractivity contribution < 1.29 is 14.3 Å². The molecule has 0 aliphatic heterocycles. The molecule has 0 radical (unpaired) electrons. The number of ether oxygens (including phenoxy) is 1. The van der Waals surface area contributed by atoms with Gasteiger partial charge in [-0.15, -0.1) is 0 Å². The van der Waals surface area contributed by atoms with Crippen LogP contribution in [0, 0.1) is 17.8 Å². The Labute approximate surface area is 137 Å². The second-order valence-electron chi connectivity index (χ2n) is 6.90. The van der Waals surface area contributed by atoms with Crippen LogP contribution in [0.5, 0.6) is 0 Å². The zero-order chi connectivity index (χ0) is 16.2. The van der Waals surface area contributed by atoms with E-state index in [1.165, 1.54) is 24.8 Å². The second kappa shape index (κ2) is 7.16. The molecule has 4 heteroatoms. The van der Waals surface area contributed by atoms with Gasteiger partial charge in [0, 0.05) is 12.1 Å². The topological polar surface area (TPSA) is 55.4 Å². The Morgan fingerprint density at radius 1 is 1.17 bits per heavy atom. The maximum atomic E-state index is 11.9. The smallest absolute Gasteiger partial charge is 0.306 e. The zero-order valence-corrected chi connectivity index (χ0v) is 13.7. The molecule has 4 nitrogen and oxygen atoms in total. The van der Waals surface area contributed by atoms with E-state index in [1.54, 1.807) is 0 Å². The molecule has 2 aliphatic rings. The fourth-order valence-electron chi connectivity index (χ4n) is 4.07. The van der Waals surface area contributed by atoms with E-state index >= 15 is 0 Å². The average molecular weight is 315 g/mol. The molecular formula is C19H25NO3. The average Bonchev–Trinajstić information content (AvgIpc) is 3.16. The Morgan fingerprint density at radius 3 is 2.57 bits per heavy atom. The summed E-state index contributed by atoms with van der Waals surface area (Å²) < 4.78 is 5.14. The van der Waals surface area contributed by atoms with Gasteiger partial charge in [0.15, 0.2) is 6.61 Å². The summed E-state index contributed by atoms with van der Waals surface area (Å²) in [6.07, 6.45) is 6.47. The Morgan fingerprint density at radius 2 is 1.96 bits per heavy atom. The van der Waals surface area contributed by atoms with E-state index in [4.69, 9.17) is 4.74 Å². The van der Waals surface area contributed by atoms with Crippen LogP contribution in [0.25, 0.3) is 0 Å². The second-order valence-corrected chi connectivity index (χ2v) is 6.90. The minimum absolute atomic E-state index is 0.199.